The largest absolute Gasteiger partial charge is 0.320 e. The van der Waals surface area contributed by atoms with Crippen molar-refractivity contribution in [1.82, 2.24) is 4.90 Å². The van der Waals surface area contributed by atoms with Gasteiger partial charge in [-0.05, 0) is 56.0 Å². The maximum absolute atomic E-state index is 13.2. The normalized spacial score (nSPS) is 21.1. The summed E-state index contributed by atoms with van der Waals surface area (Å²) in [6, 6.07) is 7.07. The lowest BCUT2D eigenvalue weighted by molar-refractivity contribution is 0.104. The van der Waals surface area contributed by atoms with Crippen LogP contribution < -0.4 is 5.73 Å². The van der Waals surface area contributed by atoms with Gasteiger partial charge in [0.05, 0.1) is 5.54 Å². The molecular weight excluding hydrogens is 251 g/mol. The van der Waals surface area contributed by atoms with E-state index in [1.54, 1.807) is 0 Å². The smallest absolute Gasteiger partial charge is 0.123 e. The molecule has 2 atom stereocenters. The van der Waals surface area contributed by atoms with Crippen molar-refractivity contribution in [1.29, 1.82) is 0 Å². The molecule has 1 aliphatic heterocycles. The first-order valence-corrected chi connectivity index (χ1v) is 7.79. The molecule has 1 saturated heterocycles. The molecule has 2 nitrogen and oxygen atoms in total. The van der Waals surface area contributed by atoms with E-state index in [9.17, 15) is 4.39 Å². The van der Waals surface area contributed by atoms with E-state index in [1.165, 1.54) is 25.0 Å². The summed E-state index contributed by atoms with van der Waals surface area (Å²) < 4.78 is 13.2. The minimum atomic E-state index is -0.424. The lowest BCUT2D eigenvalue weighted by Gasteiger charge is -2.45. The van der Waals surface area contributed by atoms with E-state index in [4.69, 9.17) is 5.73 Å². The third-order valence-electron chi connectivity index (χ3n) is 4.82. The van der Waals surface area contributed by atoms with E-state index < -0.39 is 5.54 Å². The second kappa shape index (κ2) is 6.23. The first kappa shape index (κ1) is 15.5. The van der Waals surface area contributed by atoms with Crippen molar-refractivity contribution in [3.8, 4) is 0 Å². The fraction of sp³-hybridized carbons (Fsp3) is 0.647. The third-order valence-corrected chi connectivity index (χ3v) is 4.82. The van der Waals surface area contributed by atoms with Crippen molar-refractivity contribution in [2.75, 3.05) is 13.1 Å². The Labute approximate surface area is 122 Å². The highest BCUT2D eigenvalue weighted by Crippen LogP contribution is 2.36. The predicted octanol–water partition coefficient (Wildman–Crippen LogP) is 3.51. The van der Waals surface area contributed by atoms with Crippen molar-refractivity contribution >= 4 is 0 Å². The molecular formula is C17H27FN2. The van der Waals surface area contributed by atoms with Crippen LogP contribution in [0.25, 0.3) is 0 Å². The van der Waals surface area contributed by atoms with Gasteiger partial charge in [0, 0.05) is 6.04 Å². The number of rotatable bonds is 5. The van der Waals surface area contributed by atoms with E-state index in [2.05, 4.69) is 25.7 Å². The van der Waals surface area contributed by atoms with Gasteiger partial charge in [0.15, 0.2) is 0 Å². The van der Waals surface area contributed by atoms with Crippen molar-refractivity contribution < 1.29 is 4.39 Å². The minimum absolute atomic E-state index is 0.200. The number of hydrogen-bond acceptors (Lipinski definition) is 2. The highest BCUT2D eigenvalue weighted by molar-refractivity contribution is 5.28. The molecule has 2 N–H and O–H groups in total. The van der Waals surface area contributed by atoms with Crippen molar-refractivity contribution in [2.24, 2.45) is 11.7 Å². The van der Waals surface area contributed by atoms with Gasteiger partial charge in [-0.2, -0.15) is 0 Å². The first-order valence-electron chi connectivity index (χ1n) is 7.79. The molecule has 1 heterocycles. The summed E-state index contributed by atoms with van der Waals surface area (Å²) in [7, 11) is 0. The zero-order valence-corrected chi connectivity index (χ0v) is 12.9. The van der Waals surface area contributed by atoms with E-state index in [-0.39, 0.29) is 5.82 Å². The fourth-order valence-electron chi connectivity index (χ4n) is 3.60. The molecule has 3 heteroatoms. The molecule has 0 bridgehead atoms. The first-order chi connectivity index (χ1) is 9.50. The summed E-state index contributed by atoms with van der Waals surface area (Å²) in [5.41, 5.74) is 7.51. The number of hydrogen-bond donors (Lipinski definition) is 1. The van der Waals surface area contributed by atoms with Gasteiger partial charge in [0.1, 0.15) is 5.82 Å². The molecule has 2 rings (SSSR count). The van der Waals surface area contributed by atoms with Gasteiger partial charge in [0.25, 0.3) is 0 Å². The Morgan fingerprint density at radius 2 is 1.75 bits per heavy atom. The molecule has 1 aliphatic rings. The maximum Gasteiger partial charge on any atom is 0.123 e. The monoisotopic (exact) mass is 278 g/mol. The molecule has 112 valence electrons. The Balaban J connectivity index is 2.38. The molecule has 0 spiro atoms. The van der Waals surface area contributed by atoms with Crippen molar-refractivity contribution in [3.05, 3.63) is 35.6 Å². The van der Waals surface area contributed by atoms with Crippen LogP contribution in [0.2, 0.25) is 0 Å². The number of likely N-dealkylation sites (tertiary alicyclic amines) is 1. The van der Waals surface area contributed by atoms with Crippen LogP contribution >= 0.6 is 0 Å². The van der Waals surface area contributed by atoms with E-state index in [1.807, 2.05) is 12.1 Å². The zero-order chi connectivity index (χ0) is 14.8. The van der Waals surface area contributed by atoms with Gasteiger partial charge in [-0.15, -0.1) is 0 Å². The lowest BCUT2D eigenvalue weighted by atomic mass is 9.73. The second-order valence-corrected chi connectivity index (χ2v) is 6.26. The topological polar surface area (TPSA) is 29.3 Å². The number of benzene rings is 1. The molecule has 20 heavy (non-hydrogen) atoms. The summed E-state index contributed by atoms with van der Waals surface area (Å²) in [6.45, 7) is 8.80. The lowest BCUT2D eigenvalue weighted by Crippen LogP contribution is -2.58. The van der Waals surface area contributed by atoms with Crippen LogP contribution in [-0.2, 0) is 5.54 Å². The highest BCUT2D eigenvalue weighted by Gasteiger charge is 2.42. The average molecular weight is 278 g/mol. The van der Waals surface area contributed by atoms with E-state index >= 15 is 0 Å². The van der Waals surface area contributed by atoms with Crippen LogP contribution in [0.4, 0.5) is 4.39 Å². The van der Waals surface area contributed by atoms with Crippen LogP contribution in [0, 0.1) is 11.7 Å². The van der Waals surface area contributed by atoms with Gasteiger partial charge in [0.2, 0.25) is 0 Å². The van der Waals surface area contributed by atoms with Gasteiger partial charge in [-0.3, -0.25) is 4.90 Å². The molecule has 0 saturated carbocycles. The summed E-state index contributed by atoms with van der Waals surface area (Å²) in [5, 5.41) is 0. The second-order valence-electron chi connectivity index (χ2n) is 6.26. The summed E-state index contributed by atoms with van der Waals surface area (Å²) in [6.07, 6.45) is 3.54. The van der Waals surface area contributed by atoms with Crippen LogP contribution in [0.15, 0.2) is 24.3 Å². The molecule has 0 radical (unpaired) electrons. The van der Waals surface area contributed by atoms with Crippen LogP contribution in [-0.4, -0.2) is 24.0 Å². The molecule has 0 aliphatic carbocycles. The van der Waals surface area contributed by atoms with Gasteiger partial charge in [-0.25, -0.2) is 4.39 Å². The number of halogens is 1. The Bertz CT molecular complexity index is 423. The SMILES string of the molecule is CCC(N1CCCC1)C(N)(c1ccc(F)cc1)C(C)C. The molecule has 2 unspecified atom stereocenters. The average Bonchev–Trinajstić information content (AvgIpc) is 2.93. The van der Waals surface area contributed by atoms with Crippen molar-refractivity contribution in [2.45, 2.75) is 51.6 Å². The quantitative estimate of drug-likeness (QED) is 0.893. The van der Waals surface area contributed by atoms with E-state index in [0.29, 0.717) is 12.0 Å². The highest BCUT2D eigenvalue weighted by atomic mass is 19.1. The molecule has 1 fully saturated rings. The Morgan fingerprint density at radius 1 is 1.20 bits per heavy atom. The zero-order valence-electron chi connectivity index (χ0n) is 12.9. The maximum atomic E-state index is 13.2. The molecule has 0 amide bonds. The third kappa shape index (κ3) is 2.75. The summed E-state index contributed by atoms with van der Waals surface area (Å²) >= 11 is 0. The van der Waals surface area contributed by atoms with Gasteiger partial charge >= 0.3 is 0 Å². The number of nitrogens with zero attached hydrogens (tertiary/aromatic N) is 1. The van der Waals surface area contributed by atoms with Crippen LogP contribution in [0.5, 0.6) is 0 Å². The van der Waals surface area contributed by atoms with Gasteiger partial charge in [-0.1, -0.05) is 32.9 Å². The summed E-state index contributed by atoms with van der Waals surface area (Å²) in [5.74, 6) is 0.104. The molecule has 0 aromatic heterocycles. The standard InChI is InChI=1S/C17H27FN2/c1-4-16(20-11-5-6-12-20)17(19,13(2)3)14-7-9-15(18)10-8-14/h7-10,13,16H,4-6,11-12,19H2,1-3H3. The molecule has 1 aromatic carbocycles. The van der Waals surface area contributed by atoms with Gasteiger partial charge < -0.3 is 5.73 Å². The molecule has 1 aromatic rings. The number of nitrogens with two attached hydrogens (primary N) is 1. The van der Waals surface area contributed by atoms with Crippen LogP contribution in [0.3, 0.4) is 0 Å². The fourth-order valence-corrected chi connectivity index (χ4v) is 3.60. The Hall–Kier alpha value is -0.930. The minimum Gasteiger partial charge on any atom is -0.320 e. The van der Waals surface area contributed by atoms with Crippen LogP contribution in [0.1, 0.15) is 45.6 Å². The summed E-state index contributed by atoms with van der Waals surface area (Å²) in [4.78, 5) is 2.52. The Kier molecular flexibility index (Phi) is 4.82. The Morgan fingerprint density at radius 3 is 2.20 bits per heavy atom. The van der Waals surface area contributed by atoms with E-state index in [0.717, 1.165) is 25.1 Å². The predicted molar refractivity (Wildman–Crippen MR) is 82.0 cm³/mol. The van der Waals surface area contributed by atoms with Crippen molar-refractivity contribution in [3.63, 3.8) is 0 Å².